The van der Waals surface area contributed by atoms with E-state index in [1.165, 1.54) is 12.1 Å². The highest BCUT2D eigenvalue weighted by molar-refractivity contribution is 6.12. The Labute approximate surface area is 214 Å². The molecule has 2 amide bonds. The lowest BCUT2D eigenvalue weighted by molar-refractivity contribution is -0.0438. The van der Waals surface area contributed by atoms with E-state index in [2.05, 4.69) is 10.6 Å². The molecule has 0 atom stereocenters. The number of hydrogen-bond acceptors (Lipinski definition) is 4. The third-order valence-electron chi connectivity index (χ3n) is 7.74. The van der Waals surface area contributed by atoms with Crippen LogP contribution in [0.2, 0.25) is 0 Å². The van der Waals surface area contributed by atoms with Crippen molar-refractivity contribution in [1.82, 2.24) is 10.6 Å². The molecule has 6 nitrogen and oxygen atoms in total. The monoisotopic (exact) mass is 497 g/mol. The van der Waals surface area contributed by atoms with Gasteiger partial charge in [-0.25, -0.2) is 4.39 Å². The first kappa shape index (κ1) is 23.4. The number of nitrogens with one attached hydrogen (secondary N) is 2. The van der Waals surface area contributed by atoms with Gasteiger partial charge >= 0.3 is 0 Å². The molecule has 37 heavy (non-hydrogen) atoms. The highest BCUT2D eigenvalue weighted by atomic mass is 19.1. The molecule has 3 saturated carbocycles. The van der Waals surface area contributed by atoms with Crippen molar-refractivity contribution < 1.29 is 18.4 Å². The van der Waals surface area contributed by atoms with E-state index >= 15 is 0 Å². The van der Waals surface area contributed by atoms with Crippen LogP contribution < -0.4 is 16.4 Å². The minimum Gasteiger partial charge on any atom is -0.455 e. The van der Waals surface area contributed by atoms with E-state index in [4.69, 9.17) is 10.2 Å². The van der Waals surface area contributed by atoms with Crippen molar-refractivity contribution >= 4 is 22.8 Å². The second kappa shape index (κ2) is 8.85. The van der Waals surface area contributed by atoms with Crippen LogP contribution in [0, 0.1) is 11.7 Å². The fraction of sp³-hybridized carbons (Fsp3) is 0.267. The Balaban J connectivity index is 1.46. The zero-order chi connectivity index (χ0) is 25.7. The standard InChI is InChI=1S/C30H28FN3O3/c1-33-29(36)26-24-13-23(19-3-2-4-21(11-19)28(35)34-30-14-17(15-30)16-30)20(9-10-32)12-25(24)37-27(26)18-5-7-22(31)8-6-18/h2-8,11-13,17H,9-10,14-16,32H2,1H3,(H,33,36)(H,34,35). The molecule has 4 aromatic rings. The molecular formula is C30H28FN3O3. The Morgan fingerprint density at radius 1 is 1.03 bits per heavy atom. The third-order valence-corrected chi connectivity index (χ3v) is 7.74. The summed E-state index contributed by atoms with van der Waals surface area (Å²) in [7, 11) is 1.56. The lowest BCUT2D eigenvalue weighted by Gasteiger charge is -2.61. The molecule has 2 bridgehead atoms. The van der Waals surface area contributed by atoms with Crippen molar-refractivity contribution in [2.24, 2.45) is 11.7 Å². The summed E-state index contributed by atoms with van der Waals surface area (Å²) in [5, 5.41) is 6.56. The van der Waals surface area contributed by atoms with Gasteiger partial charge in [-0.15, -0.1) is 0 Å². The minimum atomic E-state index is -0.369. The van der Waals surface area contributed by atoms with Gasteiger partial charge in [0.1, 0.15) is 17.2 Å². The first-order valence-corrected chi connectivity index (χ1v) is 12.6. The zero-order valence-electron chi connectivity index (χ0n) is 20.6. The molecule has 3 aliphatic rings. The largest absolute Gasteiger partial charge is 0.455 e. The molecule has 1 heterocycles. The Bertz CT molecular complexity index is 1520. The average molecular weight is 498 g/mol. The van der Waals surface area contributed by atoms with E-state index in [0.717, 1.165) is 41.9 Å². The number of hydrogen-bond donors (Lipinski definition) is 3. The number of amides is 2. The summed E-state index contributed by atoms with van der Waals surface area (Å²) in [4.78, 5) is 26.0. The Kier molecular flexibility index (Phi) is 5.60. The maximum Gasteiger partial charge on any atom is 0.255 e. The van der Waals surface area contributed by atoms with Crippen LogP contribution in [0.3, 0.4) is 0 Å². The summed E-state index contributed by atoms with van der Waals surface area (Å²) in [6.45, 7) is 0.427. The second-order valence-corrected chi connectivity index (χ2v) is 10.2. The first-order chi connectivity index (χ1) is 17.9. The van der Waals surface area contributed by atoms with Gasteiger partial charge in [0.15, 0.2) is 0 Å². The van der Waals surface area contributed by atoms with Gasteiger partial charge < -0.3 is 20.8 Å². The molecule has 7 heteroatoms. The van der Waals surface area contributed by atoms with Crippen molar-refractivity contribution in [3.05, 3.63) is 83.2 Å². The van der Waals surface area contributed by atoms with Crippen molar-refractivity contribution in [2.45, 2.75) is 31.2 Å². The molecule has 1 aromatic heterocycles. The van der Waals surface area contributed by atoms with Gasteiger partial charge in [-0.3, -0.25) is 9.59 Å². The van der Waals surface area contributed by atoms with Crippen molar-refractivity contribution in [3.8, 4) is 22.5 Å². The number of carbonyl (C=O) groups is 2. The Hall–Kier alpha value is -3.97. The molecule has 0 radical (unpaired) electrons. The van der Waals surface area contributed by atoms with Gasteiger partial charge in [0, 0.05) is 29.1 Å². The van der Waals surface area contributed by atoms with Gasteiger partial charge in [0.2, 0.25) is 0 Å². The highest BCUT2D eigenvalue weighted by Crippen LogP contribution is 2.57. The van der Waals surface area contributed by atoms with Crippen LogP contribution >= 0.6 is 0 Å². The molecule has 4 N–H and O–H groups in total. The molecule has 0 unspecified atom stereocenters. The number of carbonyl (C=O) groups excluding carboxylic acids is 2. The van der Waals surface area contributed by atoms with Gasteiger partial charge in [0.25, 0.3) is 11.8 Å². The third kappa shape index (κ3) is 4.00. The summed E-state index contributed by atoms with van der Waals surface area (Å²) in [6, 6.07) is 17.3. The van der Waals surface area contributed by atoms with Gasteiger partial charge in [-0.05, 0) is 103 Å². The zero-order valence-corrected chi connectivity index (χ0v) is 20.6. The number of fused-ring (bicyclic) bond motifs is 1. The number of benzene rings is 3. The maximum atomic E-state index is 13.6. The molecule has 3 fully saturated rings. The smallest absolute Gasteiger partial charge is 0.255 e. The van der Waals surface area contributed by atoms with Crippen LogP contribution in [0.15, 0.2) is 65.1 Å². The predicted molar refractivity (Wildman–Crippen MR) is 141 cm³/mol. The van der Waals surface area contributed by atoms with Gasteiger partial charge in [-0.1, -0.05) is 12.1 Å². The predicted octanol–water partition coefficient (Wildman–Crippen LogP) is 5.05. The fourth-order valence-corrected chi connectivity index (χ4v) is 5.74. The van der Waals surface area contributed by atoms with Crippen LogP contribution in [-0.4, -0.2) is 30.9 Å². The van der Waals surface area contributed by atoms with Gasteiger partial charge in [-0.2, -0.15) is 0 Å². The van der Waals surface area contributed by atoms with Crippen molar-refractivity contribution in [2.75, 3.05) is 13.6 Å². The maximum absolute atomic E-state index is 13.6. The van der Waals surface area contributed by atoms with E-state index in [0.29, 0.717) is 46.4 Å². The number of furan rings is 1. The van der Waals surface area contributed by atoms with E-state index in [-0.39, 0.29) is 23.2 Å². The summed E-state index contributed by atoms with van der Waals surface area (Å²) in [5.74, 6) is 0.418. The van der Waals surface area contributed by atoms with Crippen LogP contribution in [-0.2, 0) is 6.42 Å². The second-order valence-electron chi connectivity index (χ2n) is 10.2. The van der Waals surface area contributed by atoms with E-state index in [1.807, 2.05) is 36.4 Å². The van der Waals surface area contributed by atoms with Crippen molar-refractivity contribution in [3.63, 3.8) is 0 Å². The van der Waals surface area contributed by atoms with E-state index in [1.54, 1.807) is 19.2 Å². The topological polar surface area (TPSA) is 97.4 Å². The molecule has 188 valence electrons. The number of rotatable bonds is 7. The Morgan fingerprint density at radius 2 is 1.78 bits per heavy atom. The summed E-state index contributed by atoms with van der Waals surface area (Å²) in [6.07, 6.45) is 3.83. The molecule has 0 spiro atoms. The summed E-state index contributed by atoms with van der Waals surface area (Å²) < 4.78 is 19.7. The SMILES string of the molecule is CNC(=O)c1c(-c2ccc(F)cc2)oc2cc(CCN)c(-c3cccc(C(=O)NC45CC(C4)C5)c3)cc12. The van der Waals surface area contributed by atoms with Crippen LogP contribution in [0.4, 0.5) is 4.39 Å². The molecule has 7 rings (SSSR count). The van der Waals surface area contributed by atoms with Gasteiger partial charge in [0.05, 0.1) is 5.56 Å². The summed E-state index contributed by atoms with van der Waals surface area (Å²) >= 11 is 0. The number of halogens is 1. The molecular weight excluding hydrogens is 469 g/mol. The average Bonchev–Trinajstić information content (AvgIpc) is 3.23. The van der Waals surface area contributed by atoms with Crippen molar-refractivity contribution in [1.29, 1.82) is 0 Å². The molecule has 0 saturated heterocycles. The van der Waals surface area contributed by atoms with Crippen LogP contribution in [0.5, 0.6) is 0 Å². The van der Waals surface area contributed by atoms with E-state index in [9.17, 15) is 14.0 Å². The van der Waals surface area contributed by atoms with E-state index < -0.39 is 0 Å². The van der Waals surface area contributed by atoms with Crippen LogP contribution in [0.1, 0.15) is 45.5 Å². The van der Waals surface area contributed by atoms with Crippen LogP contribution in [0.25, 0.3) is 33.4 Å². The minimum absolute atomic E-state index is 0.00264. The normalized spacial score (nSPS) is 19.7. The Morgan fingerprint density at radius 3 is 2.43 bits per heavy atom. The molecule has 0 aliphatic heterocycles. The molecule has 3 aromatic carbocycles. The summed E-state index contributed by atoms with van der Waals surface area (Å²) in [5.41, 5.74) is 10.8. The lowest BCUT2D eigenvalue weighted by atomic mass is 9.50. The first-order valence-electron chi connectivity index (χ1n) is 12.6. The fourth-order valence-electron chi connectivity index (χ4n) is 5.74. The lowest BCUT2D eigenvalue weighted by Crippen LogP contribution is -2.68. The molecule has 3 aliphatic carbocycles. The quantitative estimate of drug-likeness (QED) is 0.333. The highest BCUT2D eigenvalue weighted by Gasteiger charge is 2.57. The number of nitrogens with two attached hydrogens (primary N) is 1.